The van der Waals surface area contributed by atoms with Gasteiger partial charge in [-0.3, -0.25) is 9.35 Å². The first-order valence-electron chi connectivity index (χ1n) is 9.42. The Morgan fingerprint density at radius 2 is 1.87 bits per heavy atom. The van der Waals surface area contributed by atoms with Crippen molar-refractivity contribution < 1.29 is 36.4 Å². The summed E-state index contributed by atoms with van der Waals surface area (Å²) in [5.41, 5.74) is -1.28. The van der Waals surface area contributed by atoms with Gasteiger partial charge in [-0.15, -0.1) is 0 Å². The number of nitrogens with zero attached hydrogens (tertiary/aromatic N) is 2. The second-order valence-electron chi connectivity index (χ2n) is 8.56. The minimum Gasteiger partial charge on any atom is -0.475 e. The van der Waals surface area contributed by atoms with Gasteiger partial charge in [0.2, 0.25) is 11.8 Å². The number of amides is 2. The summed E-state index contributed by atoms with van der Waals surface area (Å²) in [5.74, 6) is -2.15. The summed E-state index contributed by atoms with van der Waals surface area (Å²) in [7, 11) is -2.90. The maximum Gasteiger partial charge on any atom is 0.410 e. The van der Waals surface area contributed by atoms with Gasteiger partial charge in [0.15, 0.2) is 0 Å². The number of benzene rings is 1. The molecule has 1 saturated heterocycles. The number of piperidine rings is 1. The van der Waals surface area contributed by atoms with Crippen molar-refractivity contribution in [3.8, 4) is 5.75 Å². The van der Waals surface area contributed by atoms with Crippen LogP contribution in [0.5, 0.6) is 5.75 Å². The molecule has 1 fully saturated rings. The molecule has 1 N–H and O–H groups in total. The van der Waals surface area contributed by atoms with Gasteiger partial charge in [-0.1, -0.05) is 0 Å². The zero-order valence-corrected chi connectivity index (χ0v) is 18.1. The van der Waals surface area contributed by atoms with Crippen LogP contribution in [0.15, 0.2) is 12.1 Å². The second kappa shape index (κ2) is 7.38. The highest BCUT2D eigenvalue weighted by Crippen LogP contribution is 2.50. The number of carbonyl (C=O) groups is 2. The number of hydrogen-bond donors (Lipinski definition) is 1. The summed E-state index contributed by atoms with van der Waals surface area (Å²) >= 11 is 0. The highest BCUT2D eigenvalue weighted by molar-refractivity contribution is 7.85. The van der Waals surface area contributed by atoms with Gasteiger partial charge >= 0.3 is 16.2 Å². The Morgan fingerprint density at radius 3 is 2.40 bits per heavy atom. The lowest BCUT2D eigenvalue weighted by Crippen LogP contribution is -2.50. The van der Waals surface area contributed by atoms with Crippen LogP contribution in [0.4, 0.5) is 14.9 Å². The van der Waals surface area contributed by atoms with Gasteiger partial charge in [0.1, 0.15) is 17.2 Å². The molecule has 2 amide bonds. The number of fused-ring (bicyclic) bond motifs is 2. The quantitative estimate of drug-likeness (QED) is 0.712. The average molecular weight is 444 g/mol. The van der Waals surface area contributed by atoms with E-state index in [1.807, 2.05) is 0 Å². The van der Waals surface area contributed by atoms with E-state index in [-0.39, 0.29) is 48.8 Å². The van der Waals surface area contributed by atoms with Crippen molar-refractivity contribution in [1.82, 2.24) is 4.90 Å². The van der Waals surface area contributed by atoms with Crippen molar-refractivity contribution in [2.75, 3.05) is 31.0 Å². The fourth-order valence-corrected chi connectivity index (χ4v) is 4.22. The Bertz CT molecular complexity index is 979. The summed E-state index contributed by atoms with van der Waals surface area (Å²) in [6.45, 7) is 5.75. The molecule has 0 radical (unpaired) electrons. The molecule has 3 rings (SSSR count). The van der Waals surface area contributed by atoms with Crippen molar-refractivity contribution in [2.24, 2.45) is 0 Å². The number of hydrogen-bond acceptors (Lipinski definition) is 6. The molecule has 30 heavy (non-hydrogen) atoms. The molecule has 1 aromatic rings. The summed E-state index contributed by atoms with van der Waals surface area (Å²) in [5, 5.41) is 0. The minimum absolute atomic E-state index is 0.119. The third-order valence-electron chi connectivity index (χ3n) is 5.24. The fourth-order valence-electron chi connectivity index (χ4n) is 3.93. The number of likely N-dealkylation sites (N-methyl/N-ethyl adjacent to an activating group) is 1. The Labute approximate surface area is 174 Å². The van der Waals surface area contributed by atoms with Gasteiger partial charge in [0.25, 0.3) is 0 Å². The van der Waals surface area contributed by atoms with Gasteiger partial charge in [-0.2, -0.15) is 8.42 Å². The molecule has 0 aliphatic carbocycles. The molecule has 2 heterocycles. The van der Waals surface area contributed by atoms with Gasteiger partial charge in [-0.25, -0.2) is 9.18 Å². The predicted molar refractivity (Wildman–Crippen MR) is 106 cm³/mol. The molecule has 2 aliphatic rings. The maximum atomic E-state index is 15.0. The smallest absolute Gasteiger partial charge is 0.410 e. The van der Waals surface area contributed by atoms with Crippen molar-refractivity contribution >= 4 is 27.8 Å². The molecular weight excluding hydrogens is 419 g/mol. The fraction of sp³-hybridized carbons (Fsp3) is 0.579. The Hall–Kier alpha value is -2.40. The molecule has 0 aromatic heterocycles. The van der Waals surface area contributed by atoms with Crippen LogP contribution >= 0.6 is 0 Å². The first-order chi connectivity index (χ1) is 13.7. The van der Waals surface area contributed by atoms with Crippen LogP contribution in [0, 0.1) is 5.82 Å². The lowest BCUT2D eigenvalue weighted by Gasteiger charge is -2.38. The highest BCUT2D eigenvalue weighted by Gasteiger charge is 2.53. The SMILES string of the molecule is CN1C(=O)C2(CCN(C(=O)OC(C)(C)C)CC2)c2c(F)cc(OCS(=O)(=O)O)cc21. The number of likely N-dealkylation sites (tertiary alicyclic amines) is 1. The highest BCUT2D eigenvalue weighted by atomic mass is 32.2. The van der Waals surface area contributed by atoms with E-state index in [2.05, 4.69) is 0 Å². The Morgan fingerprint density at radius 1 is 1.27 bits per heavy atom. The number of anilines is 1. The largest absolute Gasteiger partial charge is 0.475 e. The topological polar surface area (TPSA) is 113 Å². The van der Waals surface area contributed by atoms with Crippen molar-refractivity contribution in [1.29, 1.82) is 0 Å². The lowest BCUT2D eigenvalue weighted by molar-refractivity contribution is -0.124. The number of halogens is 1. The average Bonchev–Trinajstić information content (AvgIpc) is 2.81. The lowest BCUT2D eigenvalue weighted by atomic mass is 9.73. The number of rotatable bonds is 3. The van der Waals surface area contributed by atoms with Crippen LogP contribution in [-0.2, 0) is 25.1 Å². The number of ether oxygens (including phenoxy) is 2. The molecule has 0 atom stereocenters. The molecule has 9 nitrogen and oxygen atoms in total. The number of carbonyl (C=O) groups excluding carboxylic acids is 2. The van der Waals surface area contributed by atoms with E-state index in [4.69, 9.17) is 14.0 Å². The zero-order valence-electron chi connectivity index (χ0n) is 17.3. The molecule has 2 aliphatic heterocycles. The van der Waals surface area contributed by atoms with Crippen LogP contribution in [0.1, 0.15) is 39.2 Å². The van der Waals surface area contributed by atoms with Gasteiger partial charge in [0, 0.05) is 37.8 Å². The predicted octanol–water partition coefficient (Wildman–Crippen LogP) is 2.29. The molecule has 1 aromatic carbocycles. The minimum atomic E-state index is -4.40. The first kappa shape index (κ1) is 22.3. The van der Waals surface area contributed by atoms with Crippen molar-refractivity contribution in [3.05, 3.63) is 23.5 Å². The summed E-state index contributed by atoms with van der Waals surface area (Å²) < 4.78 is 56.0. The standard InChI is InChI=1S/C19H25FN2O7S/c1-18(2,3)29-17(24)22-7-5-19(6-8-22)15-13(20)9-12(28-11-30(25,26)27)10-14(15)21(4)16(19)23/h9-10H,5-8,11H2,1-4H3,(H,25,26,27). The maximum absolute atomic E-state index is 15.0. The molecule has 1 spiro atoms. The van der Waals surface area contributed by atoms with Gasteiger partial charge in [-0.05, 0) is 33.6 Å². The van der Waals surface area contributed by atoms with Crippen LogP contribution in [0.2, 0.25) is 0 Å². The Balaban J connectivity index is 1.86. The molecule has 0 saturated carbocycles. The van der Waals surface area contributed by atoms with E-state index >= 15 is 4.39 Å². The molecular formula is C19H25FN2O7S. The van der Waals surface area contributed by atoms with Crippen molar-refractivity contribution in [3.63, 3.8) is 0 Å². The van der Waals surface area contributed by atoms with Crippen molar-refractivity contribution in [2.45, 2.75) is 44.6 Å². The summed E-state index contributed by atoms with van der Waals surface area (Å²) in [6.07, 6.45) is -0.0272. The summed E-state index contributed by atoms with van der Waals surface area (Å²) in [6, 6.07) is 2.37. The van der Waals surface area contributed by atoms with Crippen LogP contribution < -0.4 is 9.64 Å². The van der Waals surface area contributed by atoms with E-state index in [1.54, 1.807) is 20.8 Å². The zero-order chi connectivity index (χ0) is 22.5. The molecule has 0 bridgehead atoms. The third-order valence-corrected chi connectivity index (χ3v) is 5.66. The van der Waals surface area contributed by atoms with Gasteiger partial charge in [0.05, 0.1) is 11.1 Å². The molecule has 0 unspecified atom stereocenters. The normalized spacial score (nSPS) is 18.5. The second-order valence-corrected chi connectivity index (χ2v) is 9.96. The van der Waals surface area contributed by atoms with E-state index < -0.39 is 39.0 Å². The van der Waals surface area contributed by atoms with Crippen LogP contribution in [0.25, 0.3) is 0 Å². The van der Waals surface area contributed by atoms with Gasteiger partial charge < -0.3 is 19.3 Å². The first-order valence-corrected chi connectivity index (χ1v) is 11.0. The Kier molecular flexibility index (Phi) is 5.48. The van der Waals surface area contributed by atoms with E-state index in [9.17, 15) is 18.0 Å². The van der Waals surface area contributed by atoms with E-state index in [0.29, 0.717) is 0 Å². The summed E-state index contributed by atoms with van der Waals surface area (Å²) in [4.78, 5) is 28.2. The molecule has 166 valence electrons. The van der Waals surface area contributed by atoms with Crippen LogP contribution in [-0.4, -0.2) is 61.5 Å². The van der Waals surface area contributed by atoms with Crippen LogP contribution in [0.3, 0.4) is 0 Å². The monoisotopic (exact) mass is 444 g/mol. The third kappa shape index (κ3) is 4.22. The molecule has 11 heteroatoms. The van der Waals surface area contributed by atoms with E-state index in [1.165, 1.54) is 22.9 Å². The van der Waals surface area contributed by atoms with E-state index in [0.717, 1.165) is 6.07 Å².